The summed E-state index contributed by atoms with van der Waals surface area (Å²) in [5, 5.41) is 10.3. The summed E-state index contributed by atoms with van der Waals surface area (Å²) >= 11 is 0. The summed E-state index contributed by atoms with van der Waals surface area (Å²) in [6, 6.07) is 4.40. The lowest BCUT2D eigenvalue weighted by Crippen LogP contribution is -2.40. The van der Waals surface area contributed by atoms with E-state index in [1.165, 1.54) is 37.7 Å². The summed E-state index contributed by atoms with van der Waals surface area (Å²) in [5.74, 6) is 2.84. The highest BCUT2D eigenvalue weighted by molar-refractivity contribution is 5.46. The van der Waals surface area contributed by atoms with Crippen LogP contribution in [-0.4, -0.2) is 18.8 Å². The van der Waals surface area contributed by atoms with Crippen molar-refractivity contribution in [1.29, 1.82) is 0 Å². The average molecular weight is 341 g/mol. The number of rotatable bonds is 3. The molecule has 0 bridgehead atoms. The zero-order valence-electron chi connectivity index (χ0n) is 16.0. The zero-order chi connectivity index (χ0) is 17.6. The highest BCUT2D eigenvalue weighted by Crippen LogP contribution is 2.62. The Labute approximate surface area is 152 Å². The first-order valence-corrected chi connectivity index (χ1v) is 10.1. The Morgan fingerprint density at radius 1 is 1.24 bits per heavy atom. The Balaban J connectivity index is 1.66. The van der Waals surface area contributed by atoms with Crippen molar-refractivity contribution in [2.24, 2.45) is 17.3 Å². The van der Waals surface area contributed by atoms with Crippen LogP contribution in [0, 0.1) is 17.3 Å². The predicted octanol–water partition coefficient (Wildman–Crippen LogP) is 5.38. The summed E-state index contributed by atoms with van der Waals surface area (Å²) in [7, 11) is 1.79. The van der Waals surface area contributed by atoms with Gasteiger partial charge < -0.3 is 9.84 Å². The monoisotopic (exact) mass is 340 g/mol. The van der Waals surface area contributed by atoms with Gasteiger partial charge in [0.05, 0.1) is 6.61 Å². The van der Waals surface area contributed by atoms with E-state index in [4.69, 9.17) is 4.74 Å². The summed E-state index contributed by atoms with van der Waals surface area (Å²) in [6.07, 6.45) is 10.9. The maximum Gasteiger partial charge on any atom is 0.119 e. The van der Waals surface area contributed by atoms with Crippen LogP contribution in [0.5, 0.6) is 5.75 Å². The fourth-order valence-electron chi connectivity index (χ4n) is 6.31. The van der Waals surface area contributed by atoms with Crippen molar-refractivity contribution in [2.75, 3.05) is 13.7 Å². The fourth-order valence-corrected chi connectivity index (χ4v) is 6.31. The van der Waals surface area contributed by atoms with E-state index in [0.717, 1.165) is 36.8 Å². The van der Waals surface area contributed by atoms with Gasteiger partial charge in [0.2, 0.25) is 0 Å². The van der Waals surface area contributed by atoms with Gasteiger partial charge in [0.15, 0.2) is 0 Å². The molecule has 0 spiro atoms. The van der Waals surface area contributed by atoms with Crippen LogP contribution in [-0.2, 0) is 17.6 Å². The lowest BCUT2D eigenvalue weighted by Gasteiger charge is -2.49. The van der Waals surface area contributed by atoms with Crippen molar-refractivity contribution in [3.8, 4) is 5.75 Å². The lowest BCUT2D eigenvalue weighted by molar-refractivity contribution is 0.0807. The molecule has 0 saturated heterocycles. The van der Waals surface area contributed by atoms with E-state index < -0.39 is 0 Å². The number of allylic oxidation sites excluding steroid dienone is 1. The molecule has 25 heavy (non-hydrogen) atoms. The van der Waals surface area contributed by atoms with E-state index in [1.54, 1.807) is 18.2 Å². The Kier molecular flexibility index (Phi) is 4.43. The molecule has 0 amide bonds. The summed E-state index contributed by atoms with van der Waals surface area (Å²) in [6.45, 7) is 5.42. The molecule has 4 unspecified atom stereocenters. The van der Waals surface area contributed by atoms with Gasteiger partial charge in [0, 0.05) is 7.11 Å². The number of hydrogen-bond acceptors (Lipinski definition) is 2. The fraction of sp³-hybridized carbons (Fsp3) is 0.652. The Morgan fingerprint density at radius 2 is 2.08 bits per heavy atom. The average Bonchev–Trinajstić information content (AvgIpc) is 2.95. The van der Waals surface area contributed by atoms with Gasteiger partial charge in [-0.05, 0) is 90.9 Å². The molecule has 2 heteroatoms. The lowest BCUT2D eigenvalue weighted by atomic mass is 9.55. The van der Waals surface area contributed by atoms with E-state index in [2.05, 4.69) is 32.1 Å². The van der Waals surface area contributed by atoms with Gasteiger partial charge in [0.1, 0.15) is 5.75 Å². The smallest absolute Gasteiger partial charge is 0.119 e. The minimum Gasteiger partial charge on any atom is -0.508 e. The van der Waals surface area contributed by atoms with Crippen LogP contribution in [0.2, 0.25) is 0 Å². The number of fused-ring (bicyclic) bond motifs is 5. The normalized spacial score (nSPS) is 35.3. The van der Waals surface area contributed by atoms with Crippen molar-refractivity contribution < 1.29 is 9.84 Å². The minimum atomic E-state index is 0.391. The molecule has 1 N–H and O–H groups in total. The summed E-state index contributed by atoms with van der Waals surface area (Å²) in [5.41, 5.74) is 6.14. The molecule has 2 fully saturated rings. The third-order valence-corrected chi connectivity index (χ3v) is 7.65. The van der Waals surface area contributed by atoms with Gasteiger partial charge in [-0.15, -0.1) is 0 Å². The molecule has 0 heterocycles. The number of phenolic OH excluding ortho intramolecular Hbond substituents is 1. The molecule has 0 radical (unpaired) electrons. The molecule has 0 aromatic heterocycles. The first-order chi connectivity index (χ1) is 12.1. The number of aromatic hydroxyl groups is 1. The molecule has 2 saturated carbocycles. The van der Waals surface area contributed by atoms with Crippen molar-refractivity contribution in [2.45, 2.75) is 64.7 Å². The van der Waals surface area contributed by atoms with Gasteiger partial charge in [-0.2, -0.15) is 0 Å². The summed E-state index contributed by atoms with van der Waals surface area (Å²) < 4.78 is 5.32. The van der Waals surface area contributed by atoms with E-state index in [1.807, 2.05) is 0 Å². The first-order valence-electron chi connectivity index (χ1n) is 10.1. The number of ether oxygens (including phenoxy) is 1. The number of benzene rings is 1. The van der Waals surface area contributed by atoms with E-state index >= 15 is 0 Å². The van der Waals surface area contributed by atoms with Crippen LogP contribution in [0.25, 0.3) is 0 Å². The maximum atomic E-state index is 10.3. The minimum absolute atomic E-state index is 0.391. The molecular formula is C23H32O2. The van der Waals surface area contributed by atoms with Gasteiger partial charge in [-0.1, -0.05) is 31.6 Å². The Morgan fingerprint density at radius 3 is 2.84 bits per heavy atom. The van der Waals surface area contributed by atoms with Crippen LogP contribution in [0.15, 0.2) is 23.8 Å². The van der Waals surface area contributed by atoms with Gasteiger partial charge >= 0.3 is 0 Å². The molecule has 136 valence electrons. The Hall–Kier alpha value is -1.28. The highest BCUT2D eigenvalue weighted by atomic mass is 16.5. The predicted molar refractivity (Wildman–Crippen MR) is 102 cm³/mol. The summed E-state index contributed by atoms with van der Waals surface area (Å²) in [4.78, 5) is 0. The molecular weight excluding hydrogens is 308 g/mol. The van der Waals surface area contributed by atoms with Crippen molar-refractivity contribution in [3.05, 3.63) is 40.5 Å². The van der Waals surface area contributed by atoms with Gasteiger partial charge in [0.25, 0.3) is 0 Å². The second kappa shape index (κ2) is 6.46. The largest absolute Gasteiger partial charge is 0.508 e. The highest BCUT2D eigenvalue weighted by Gasteiger charge is 2.52. The third kappa shape index (κ3) is 2.65. The Bertz CT molecular complexity index is 690. The molecule has 4 atom stereocenters. The van der Waals surface area contributed by atoms with Crippen LogP contribution < -0.4 is 0 Å². The molecule has 4 rings (SSSR count). The van der Waals surface area contributed by atoms with Crippen LogP contribution in [0.3, 0.4) is 0 Å². The van der Waals surface area contributed by atoms with Gasteiger partial charge in [-0.25, -0.2) is 0 Å². The van der Waals surface area contributed by atoms with Crippen molar-refractivity contribution in [1.82, 2.24) is 0 Å². The van der Waals surface area contributed by atoms with E-state index in [9.17, 15) is 5.11 Å². The quantitative estimate of drug-likeness (QED) is 0.748. The second-order valence-corrected chi connectivity index (χ2v) is 8.63. The zero-order valence-corrected chi connectivity index (χ0v) is 16.0. The molecule has 1 aromatic carbocycles. The molecule has 3 aliphatic carbocycles. The topological polar surface area (TPSA) is 29.5 Å². The van der Waals surface area contributed by atoms with Gasteiger partial charge in [-0.3, -0.25) is 0 Å². The second-order valence-electron chi connectivity index (χ2n) is 8.63. The number of methoxy groups -OCH3 is 1. The number of hydrogen-bond donors (Lipinski definition) is 1. The molecule has 3 aliphatic rings. The van der Waals surface area contributed by atoms with Crippen LogP contribution in [0.1, 0.15) is 68.6 Å². The van der Waals surface area contributed by atoms with E-state index in [-0.39, 0.29) is 0 Å². The van der Waals surface area contributed by atoms with Crippen LogP contribution >= 0.6 is 0 Å². The standard InChI is InChI=1S/C23H32O2/c1-4-15-13-20-16(14-22(15)24)5-7-19-18(20)9-11-23(2)17(10-12-25-3)6-8-21(19)23/h10,13-14,18-19,21,24H,4-9,11-12H2,1-3H3/b17-10+. The molecule has 0 aliphatic heterocycles. The third-order valence-electron chi connectivity index (χ3n) is 7.65. The number of phenols is 1. The maximum absolute atomic E-state index is 10.3. The number of aryl methyl sites for hydroxylation is 2. The molecule has 1 aromatic rings. The van der Waals surface area contributed by atoms with Crippen molar-refractivity contribution in [3.63, 3.8) is 0 Å². The first kappa shape index (κ1) is 17.1. The molecule has 2 nitrogen and oxygen atoms in total. The van der Waals surface area contributed by atoms with E-state index in [0.29, 0.717) is 17.1 Å². The SMILES string of the molecule is CCc1cc2c(cc1O)CCC1C2CCC2(C)/C(=C/COC)CCC12. The van der Waals surface area contributed by atoms with Crippen LogP contribution in [0.4, 0.5) is 0 Å². The van der Waals surface area contributed by atoms with Crippen molar-refractivity contribution >= 4 is 0 Å².